The highest BCUT2D eigenvalue weighted by Gasteiger charge is 2.26. The van der Waals surface area contributed by atoms with Crippen molar-refractivity contribution in [2.24, 2.45) is 10.4 Å². The zero-order chi connectivity index (χ0) is 10.8. The smallest absolute Gasteiger partial charge is 0.193 e. The van der Waals surface area contributed by atoms with Gasteiger partial charge in [-0.2, -0.15) is 0 Å². The van der Waals surface area contributed by atoms with Crippen molar-refractivity contribution in [3.63, 3.8) is 0 Å². The molecule has 3 heteroatoms. The molecular formula is C11H23N3. The maximum Gasteiger partial charge on any atom is 0.193 e. The summed E-state index contributed by atoms with van der Waals surface area (Å²) in [5.41, 5.74) is 0.288. The summed E-state index contributed by atoms with van der Waals surface area (Å²) in [5, 5.41) is 3.35. The molecule has 1 rings (SSSR count). The van der Waals surface area contributed by atoms with Crippen molar-refractivity contribution in [1.29, 1.82) is 0 Å². The molecule has 0 amide bonds. The Morgan fingerprint density at radius 1 is 1.43 bits per heavy atom. The van der Waals surface area contributed by atoms with E-state index in [1.807, 2.05) is 0 Å². The van der Waals surface area contributed by atoms with E-state index in [4.69, 9.17) is 0 Å². The molecule has 14 heavy (non-hydrogen) atoms. The molecule has 0 bridgehead atoms. The van der Waals surface area contributed by atoms with Crippen molar-refractivity contribution >= 4 is 5.96 Å². The van der Waals surface area contributed by atoms with Crippen LogP contribution in [0.15, 0.2) is 4.99 Å². The molecule has 0 aromatic rings. The van der Waals surface area contributed by atoms with Gasteiger partial charge in [-0.25, -0.2) is 0 Å². The number of hydrogen-bond donors (Lipinski definition) is 1. The number of guanidine groups is 1. The van der Waals surface area contributed by atoms with E-state index in [0.29, 0.717) is 6.04 Å². The summed E-state index contributed by atoms with van der Waals surface area (Å²) in [5.74, 6) is 1.05. The van der Waals surface area contributed by atoms with Crippen LogP contribution in [0, 0.1) is 5.41 Å². The van der Waals surface area contributed by atoms with Gasteiger partial charge in [0.05, 0.1) is 0 Å². The highest BCUT2D eigenvalue weighted by molar-refractivity contribution is 5.80. The van der Waals surface area contributed by atoms with Crippen molar-refractivity contribution < 1.29 is 0 Å². The van der Waals surface area contributed by atoms with Gasteiger partial charge in [0.1, 0.15) is 0 Å². The highest BCUT2D eigenvalue weighted by atomic mass is 15.3. The van der Waals surface area contributed by atoms with Gasteiger partial charge in [-0.15, -0.1) is 0 Å². The number of aliphatic imine (C=N–C) groups is 1. The van der Waals surface area contributed by atoms with Crippen LogP contribution in [0.25, 0.3) is 0 Å². The van der Waals surface area contributed by atoms with Crippen LogP contribution in [0.1, 0.15) is 34.1 Å². The first kappa shape index (κ1) is 11.3. The number of rotatable bonds is 1. The second-order valence-electron chi connectivity index (χ2n) is 5.14. The summed E-state index contributed by atoms with van der Waals surface area (Å²) in [7, 11) is 2.12. The second-order valence-corrected chi connectivity index (χ2v) is 5.14. The van der Waals surface area contributed by atoms with E-state index in [-0.39, 0.29) is 5.41 Å². The first-order valence-corrected chi connectivity index (χ1v) is 5.44. The molecule has 1 aliphatic heterocycles. The van der Waals surface area contributed by atoms with E-state index in [1.54, 1.807) is 0 Å². The minimum absolute atomic E-state index is 0.288. The van der Waals surface area contributed by atoms with Gasteiger partial charge in [0.15, 0.2) is 5.96 Å². The fourth-order valence-corrected chi connectivity index (χ4v) is 1.52. The van der Waals surface area contributed by atoms with Crippen LogP contribution in [0.2, 0.25) is 0 Å². The molecule has 0 spiro atoms. The van der Waals surface area contributed by atoms with E-state index in [0.717, 1.165) is 25.5 Å². The second kappa shape index (κ2) is 4.20. The zero-order valence-corrected chi connectivity index (χ0v) is 10.1. The Morgan fingerprint density at radius 2 is 2.07 bits per heavy atom. The number of nitrogens with zero attached hydrogens (tertiary/aromatic N) is 2. The lowest BCUT2D eigenvalue weighted by molar-refractivity contribution is 0.202. The Hall–Kier alpha value is -0.730. The molecule has 82 valence electrons. The third-order valence-corrected chi connectivity index (χ3v) is 3.05. The maximum atomic E-state index is 4.50. The van der Waals surface area contributed by atoms with Crippen molar-refractivity contribution in [1.82, 2.24) is 10.2 Å². The van der Waals surface area contributed by atoms with Crippen LogP contribution in [-0.4, -0.2) is 37.0 Å². The van der Waals surface area contributed by atoms with E-state index < -0.39 is 0 Å². The summed E-state index contributed by atoms with van der Waals surface area (Å²) in [4.78, 5) is 6.74. The van der Waals surface area contributed by atoms with Gasteiger partial charge in [-0.05, 0) is 18.8 Å². The molecule has 3 nitrogen and oxygen atoms in total. The van der Waals surface area contributed by atoms with Gasteiger partial charge in [0, 0.05) is 26.2 Å². The van der Waals surface area contributed by atoms with Crippen LogP contribution in [0.4, 0.5) is 0 Å². The largest absolute Gasteiger partial charge is 0.356 e. The third kappa shape index (κ3) is 2.63. The predicted molar refractivity (Wildman–Crippen MR) is 61.6 cm³/mol. The SMILES string of the molecule is CC(N(C)C1=NCCCN1)C(C)(C)C. The van der Waals surface area contributed by atoms with Gasteiger partial charge in [-0.1, -0.05) is 20.8 Å². The van der Waals surface area contributed by atoms with Crippen LogP contribution in [0.3, 0.4) is 0 Å². The van der Waals surface area contributed by atoms with Gasteiger partial charge in [-0.3, -0.25) is 4.99 Å². The number of nitrogens with one attached hydrogen (secondary N) is 1. The van der Waals surface area contributed by atoms with Crippen molar-refractivity contribution in [3.8, 4) is 0 Å². The van der Waals surface area contributed by atoms with Crippen LogP contribution in [0.5, 0.6) is 0 Å². The molecule has 1 N–H and O–H groups in total. The van der Waals surface area contributed by atoms with Crippen LogP contribution >= 0.6 is 0 Å². The van der Waals surface area contributed by atoms with E-state index in [2.05, 4.69) is 50.0 Å². The Kier molecular flexibility index (Phi) is 3.40. The summed E-state index contributed by atoms with van der Waals surface area (Å²) in [6.07, 6.45) is 1.15. The Bertz CT molecular complexity index is 215. The molecule has 0 aliphatic carbocycles. The Labute approximate surface area is 87.6 Å². The van der Waals surface area contributed by atoms with Crippen molar-refractivity contribution in [2.45, 2.75) is 40.2 Å². The minimum atomic E-state index is 0.288. The van der Waals surface area contributed by atoms with E-state index in [1.165, 1.54) is 0 Å². The van der Waals surface area contributed by atoms with Gasteiger partial charge < -0.3 is 10.2 Å². The molecule has 1 heterocycles. The minimum Gasteiger partial charge on any atom is -0.356 e. The monoisotopic (exact) mass is 197 g/mol. The summed E-state index contributed by atoms with van der Waals surface area (Å²) < 4.78 is 0. The summed E-state index contributed by atoms with van der Waals surface area (Å²) in [6.45, 7) is 11.1. The quantitative estimate of drug-likeness (QED) is 0.693. The van der Waals surface area contributed by atoms with Gasteiger partial charge in [0.25, 0.3) is 0 Å². The number of hydrogen-bond acceptors (Lipinski definition) is 3. The molecule has 0 aromatic heterocycles. The van der Waals surface area contributed by atoms with Crippen LogP contribution < -0.4 is 5.32 Å². The molecule has 1 atom stereocenters. The fourth-order valence-electron chi connectivity index (χ4n) is 1.52. The molecule has 0 radical (unpaired) electrons. The molecule has 0 saturated carbocycles. The lowest BCUT2D eigenvalue weighted by Gasteiger charge is -2.38. The first-order valence-electron chi connectivity index (χ1n) is 5.44. The van der Waals surface area contributed by atoms with Crippen LogP contribution in [-0.2, 0) is 0 Å². The molecule has 0 saturated heterocycles. The van der Waals surface area contributed by atoms with Crippen molar-refractivity contribution in [2.75, 3.05) is 20.1 Å². The fraction of sp³-hybridized carbons (Fsp3) is 0.909. The Morgan fingerprint density at radius 3 is 2.50 bits per heavy atom. The predicted octanol–water partition coefficient (Wildman–Crippen LogP) is 1.70. The zero-order valence-electron chi connectivity index (χ0n) is 10.1. The lowest BCUT2D eigenvalue weighted by Crippen LogP contribution is -2.50. The maximum absolute atomic E-state index is 4.50. The first-order chi connectivity index (χ1) is 6.43. The summed E-state index contributed by atoms with van der Waals surface area (Å²) >= 11 is 0. The van der Waals surface area contributed by atoms with E-state index in [9.17, 15) is 0 Å². The normalized spacial score (nSPS) is 19.6. The molecular weight excluding hydrogens is 174 g/mol. The average Bonchev–Trinajstić information content (AvgIpc) is 2.15. The van der Waals surface area contributed by atoms with E-state index >= 15 is 0 Å². The van der Waals surface area contributed by atoms with Gasteiger partial charge in [0.2, 0.25) is 0 Å². The molecule has 1 unspecified atom stereocenters. The lowest BCUT2D eigenvalue weighted by atomic mass is 9.87. The highest BCUT2D eigenvalue weighted by Crippen LogP contribution is 2.23. The molecule has 0 aromatic carbocycles. The summed E-state index contributed by atoms with van der Waals surface area (Å²) in [6, 6.07) is 0.492. The standard InChI is InChI=1S/C11H23N3/c1-9(11(2,3)4)14(5)10-12-7-6-8-13-10/h9H,6-8H2,1-5H3,(H,12,13). The topological polar surface area (TPSA) is 27.6 Å². The Balaban J connectivity index is 2.64. The average molecular weight is 197 g/mol. The molecule has 1 aliphatic rings. The van der Waals surface area contributed by atoms with Gasteiger partial charge >= 0.3 is 0 Å². The van der Waals surface area contributed by atoms with Crippen molar-refractivity contribution in [3.05, 3.63) is 0 Å². The molecule has 0 fully saturated rings. The third-order valence-electron chi connectivity index (χ3n) is 3.05.